The Morgan fingerprint density at radius 3 is 2.65 bits per heavy atom. The molecule has 1 aromatic rings. The van der Waals surface area contributed by atoms with Gasteiger partial charge in [-0.3, -0.25) is 4.79 Å². The average molecular weight is 288 g/mol. The normalized spacial score (nSPS) is 23.8. The van der Waals surface area contributed by atoms with Crippen molar-refractivity contribution in [1.82, 2.24) is 0 Å². The van der Waals surface area contributed by atoms with Crippen LogP contribution in [0.15, 0.2) is 42.5 Å². The Labute approximate surface area is 127 Å². The van der Waals surface area contributed by atoms with Crippen LogP contribution in [0.2, 0.25) is 0 Å². The third-order valence-electron chi connectivity index (χ3n) is 4.23. The summed E-state index contributed by atoms with van der Waals surface area (Å²) in [6, 6.07) is 10.4. The van der Waals surface area contributed by atoms with Gasteiger partial charge in [0.1, 0.15) is 5.78 Å². The van der Waals surface area contributed by atoms with E-state index < -0.39 is 0 Å². The lowest BCUT2D eigenvalue weighted by molar-refractivity contribution is -0.120. The van der Waals surface area contributed by atoms with Crippen LogP contribution in [0.1, 0.15) is 56.3 Å². The molecule has 2 heteroatoms. The number of hydrogen-bond donors (Lipinski definition) is 1. The van der Waals surface area contributed by atoms with Crippen molar-refractivity contribution in [2.75, 3.05) is 0 Å². The van der Waals surface area contributed by atoms with Gasteiger partial charge in [0, 0.05) is 23.5 Å². The third-order valence-corrected chi connectivity index (χ3v) is 5.04. The van der Waals surface area contributed by atoms with Crippen molar-refractivity contribution in [3.05, 3.63) is 48.0 Å². The van der Waals surface area contributed by atoms with E-state index in [1.54, 1.807) is 0 Å². The third kappa shape index (κ3) is 3.54. The van der Waals surface area contributed by atoms with E-state index in [1.165, 1.54) is 18.4 Å². The van der Waals surface area contributed by atoms with Gasteiger partial charge in [-0.15, -0.1) is 0 Å². The fourth-order valence-corrected chi connectivity index (χ4v) is 3.57. The van der Waals surface area contributed by atoms with Crippen molar-refractivity contribution in [1.29, 1.82) is 0 Å². The molecule has 1 aliphatic rings. The number of benzene rings is 1. The van der Waals surface area contributed by atoms with Crippen molar-refractivity contribution in [3.8, 4) is 0 Å². The second kappa shape index (κ2) is 7.12. The van der Waals surface area contributed by atoms with Crippen LogP contribution in [0.25, 0.3) is 0 Å². The molecule has 0 amide bonds. The van der Waals surface area contributed by atoms with Gasteiger partial charge in [0.05, 0.1) is 0 Å². The lowest BCUT2D eigenvalue weighted by Gasteiger charge is -2.38. The Morgan fingerprint density at radius 2 is 2.00 bits per heavy atom. The fraction of sp³-hybridized carbons (Fsp3) is 0.500. The van der Waals surface area contributed by atoms with Gasteiger partial charge < -0.3 is 0 Å². The number of Topliss-reactive ketones (excluding diaryl/α,β-unsaturated/α-hetero) is 1. The molecule has 2 unspecified atom stereocenters. The molecule has 1 nitrogen and oxygen atoms in total. The van der Waals surface area contributed by atoms with Crippen LogP contribution in [-0.4, -0.2) is 5.78 Å². The van der Waals surface area contributed by atoms with Gasteiger partial charge in [-0.2, -0.15) is 12.6 Å². The first-order chi connectivity index (χ1) is 9.68. The van der Waals surface area contributed by atoms with E-state index in [-0.39, 0.29) is 10.7 Å². The highest BCUT2D eigenvalue weighted by molar-refractivity contribution is 7.80. The van der Waals surface area contributed by atoms with Crippen molar-refractivity contribution in [3.63, 3.8) is 0 Å². The summed E-state index contributed by atoms with van der Waals surface area (Å²) in [5, 5.41) is 0.0982. The van der Waals surface area contributed by atoms with E-state index in [9.17, 15) is 4.79 Å². The smallest absolute Gasteiger partial charge is 0.137 e. The summed E-state index contributed by atoms with van der Waals surface area (Å²) in [4.78, 5) is 12.0. The zero-order valence-electron chi connectivity index (χ0n) is 12.2. The molecule has 0 saturated heterocycles. The monoisotopic (exact) mass is 288 g/mol. The Hall–Kier alpha value is -1.02. The van der Waals surface area contributed by atoms with E-state index in [2.05, 4.69) is 25.1 Å². The van der Waals surface area contributed by atoms with E-state index in [0.717, 1.165) is 12.8 Å². The lowest BCUT2D eigenvalue weighted by Crippen LogP contribution is -2.30. The molecule has 0 bridgehead atoms. The van der Waals surface area contributed by atoms with Gasteiger partial charge in [-0.25, -0.2) is 0 Å². The second-order valence-corrected chi connectivity index (χ2v) is 6.34. The van der Waals surface area contributed by atoms with Gasteiger partial charge in [-0.05, 0) is 12.0 Å². The summed E-state index contributed by atoms with van der Waals surface area (Å²) in [5.74, 6) is 0.346. The molecule has 0 spiro atoms. The molecule has 0 heterocycles. The number of hydrogen-bond acceptors (Lipinski definition) is 2. The number of thiol groups is 1. The predicted octanol–water partition coefficient (Wildman–Crippen LogP) is 5.14. The first kappa shape index (κ1) is 15.4. The SMILES string of the molecule is CCCCCC1(C(S)c2ccccc2)C=CCC(=O)C1. The molecule has 108 valence electrons. The van der Waals surface area contributed by atoms with E-state index in [1.807, 2.05) is 24.3 Å². The zero-order valence-corrected chi connectivity index (χ0v) is 13.1. The number of allylic oxidation sites excluding steroid dienone is 2. The summed E-state index contributed by atoms with van der Waals surface area (Å²) in [7, 11) is 0. The molecule has 0 aliphatic heterocycles. The molecule has 1 aromatic carbocycles. The fourth-order valence-electron chi connectivity index (χ4n) is 3.09. The average Bonchev–Trinajstić information content (AvgIpc) is 2.48. The minimum atomic E-state index is -0.102. The largest absolute Gasteiger partial charge is 0.299 e. The van der Waals surface area contributed by atoms with Gasteiger partial charge in [0.2, 0.25) is 0 Å². The molecule has 20 heavy (non-hydrogen) atoms. The molecule has 0 aromatic heterocycles. The topological polar surface area (TPSA) is 17.1 Å². The van der Waals surface area contributed by atoms with E-state index >= 15 is 0 Å². The molecule has 2 rings (SSSR count). The minimum absolute atomic E-state index is 0.0982. The van der Waals surface area contributed by atoms with Crippen LogP contribution >= 0.6 is 12.6 Å². The lowest BCUT2D eigenvalue weighted by atomic mass is 9.70. The molecule has 2 atom stereocenters. The first-order valence-corrected chi connectivity index (χ1v) is 8.12. The van der Waals surface area contributed by atoms with Crippen LogP contribution in [0.3, 0.4) is 0 Å². The molecule has 0 saturated carbocycles. The molecule has 1 aliphatic carbocycles. The van der Waals surface area contributed by atoms with Gasteiger partial charge in [0.25, 0.3) is 0 Å². The maximum Gasteiger partial charge on any atom is 0.137 e. The van der Waals surface area contributed by atoms with E-state index in [0.29, 0.717) is 18.6 Å². The van der Waals surface area contributed by atoms with Crippen LogP contribution in [0.5, 0.6) is 0 Å². The summed E-state index contributed by atoms with van der Waals surface area (Å²) in [6.07, 6.45) is 10.2. The van der Waals surface area contributed by atoms with Crippen molar-refractivity contribution < 1.29 is 4.79 Å². The highest BCUT2D eigenvalue weighted by Gasteiger charge is 2.38. The minimum Gasteiger partial charge on any atom is -0.299 e. The van der Waals surface area contributed by atoms with Crippen LogP contribution in [-0.2, 0) is 4.79 Å². The summed E-state index contributed by atoms with van der Waals surface area (Å²) in [5.41, 5.74) is 1.11. The Bertz CT molecular complexity index is 466. The standard InChI is InChI=1S/C18H24OS/c1-2-3-7-12-18(13-8-11-16(19)14-18)17(20)15-9-5-4-6-10-15/h4-6,8-10,13,17,20H,2-3,7,11-12,14H2,1H3. The van der Waals surface area contributed by atoms with Gasteiger partial charge >= 0.3 is 0 Å². The Kier molecular flexibility index (Phi) is 5.47. The highest BCUT2D eigenvalue weighted by Crippen LogP contribution is 2.48. The molecular formula is C18H24OS. The number of carbonyl (C=O) groups excluding carboxylic acids is 1. The van der Waals surface area contributed by atoms with Crippen LogP contribution < -0.4 is 0 Å². The number of unbranched alkanes of at least 4 members (excludes halogenated alkanes) is 2. The van der Waals surface area contributed by atoms with Crippen molar-refractivity contribution >= 4 is 18.4 Å². The Balaban J connectivity index is 2.24. The molecule has 0 fully saturated rings. The molecule has 0 N–H and O–H groups in total. The number of rotatable bonds is 6. The van der Waals surface area contributed by atoms with Crippen molar-refractivity contribution in [2.45, 2.75) is 50.7 Å². The Morgan fingerprint density at radius 1 is 1.25 bits per heavy atom. The molecular weight excluding hydrogens is 264 g/mol. The summed E-state index contributed by atoms with van der Waals surface area (Å²) < 4.78 is 0. The molecule has 0 radical (unpaired) electrons. The number of ketones is 1. The van der Waals surface area contributed by atoms with Gasteiger partial charge in [0.15, 0.2) is 0 Å². The zero-order chi connectivity index (χ0) is 14.4. The van der Waals surface area contributed by atoms with Gasteiger partial charge in [-0.1, -0.05) is 68.7 Å². The maximum atomic E-state index is 12.0. The van der Waals surface area contributed by atoms with Crippen LogP contribution in [0, 0.1) is 5.41 Å². The second-order valence-electron chi connectivity index (χ2n) is 5.83. The highest BCUT2D eigenvalue weighted by atomic mass is 32.1. The first-order valence-electron chi connectivity index (χ1n) is 7.60. The van der Waals surface area contributed by atoms with Crippen LogP contribution in [0.4, 0.5) is 0 Å². The maximum absolute atomic E-state index is 12.0. The predicted molar refractivity (Wildman–Crippen MR) is 88.1 cm³/mol. The van der Waals surface area contributed by atoms with Crippen molar-refractivity contribution in [2.24, 2.45) is 5.41 Å². The quantitative estimate of drug-likeness (QED) is 0.435. The summed E-state index contributed by atoms with van der Waals surface area (Å²) >= 11 is 4.89. The summed E-state index contributed by atoms with van der Waals surface area (Å²) in [6.45, 7) is 2.21. The van der Waals surface area contributed by atoms with E-state index in [4.69, 9.17) is 12.6 Å². The number of carbonyl (C=O) groups is 1.